The SMILES string of the molecule is COC(=O)c1cc(NCc2ccc(OC)cc2OC)nc2c(C)ccnc12. The van der Waals surface area contributed by atoms with Crippen LogP contribution in [0.4, 0.5) is 5.82 Å². The Hall–Kier alpha value is -3.35. The van der Waals surface area contributed by atoms with Gasteiger partial charge in [-0.2, -0.15) is 0 Å². The summed E-state index contributed by atoms with van der Waals surface area (Å²) in [4.78, 5) is 21.1. The molecule has 3 rings (SSSR count). The number of rotatable bonds is 6. The van der Waals surface area contributed by atoms with Gasteiger partial charge in [0.15, 0.2) is 0 Å². The maximum Gasteiger partial charge on any atom is 0.340 e. The van der Waals surface area contributed by atoms with Crippen LogP contribution in [0.5, 0.6) is 11.5 Å². The summed E-state index contributed by atoms with van der Waals surface area (Å²) in [5, 5.41) is 3.24. The number of benzene rings is 1. The average Bonchev–Trinajstić information content (AvgIpc) is 2.71. The Bertz CT molecular complexity index is 988. The molecule has 0 saturated heterocycles. The third-order valence-corrected chi connectivity index (χ3v) is 4.25. The first-order valence-corrected chi connectivity index (χ1v) is 8.36. The Morgan fingerprint density at radius 2 is 1.89 bits per heavy atom. The van der Waals surface area contributed by atoms with E-state index in [4.69, 9.17) is 14.2 Å². The minimum atomic E-state index is -0.453. The molecule has 0 aliphatic carbocycles. The number of aryl methyl sites for hydroxylation is 1. The summed E-state index contributed by atoms with van der Waals surface area (Å²) in [5.41, 5.74) is 3.41. The molecule has 27 heavy (non-hydrogen) atoms. The van der Waals surface area contributed by atoms with E-state index in [9.17, 15) is 4.79 Å². The van der Waals surface area contributed by atoms with Crippen molar-refractivity contribution in [1.82, 2.24) is 9.97 Å². The van der Waals surface area contributed by atoms with Gasteiger partial charge in [0.25, 0.3) is 0 Å². The van der Waals surface area contributed by atoms with Gasteiger partial charge in [-0.3, -0.25) is 4.98 Å². The minimum absolute atomic E-state index is 0.371. The molecule has 2 heterocycles. The lowest BCUT2D eigenvalue weighted by molar-refractivity contribution is 0.0602. The van der Waals surface area contributed by atoms with Crippen molar-refractivity contribution in [2.45, 2.75) is 13.5 Å². The first-order chi connectivity index (χ1) is 13.1. The number of nitrogens with zero attached hydrogens (tertiary/aromatic N) is 2. The second-order valence-electron chi connectivity index (χ2n) is 5.90. The molecular weight excluding hydrogens is 346 g/mol. The molecule has 7 nitrogen and oxygen atoms in total. The van der Waals surface area contributed by atoms with Crippen molar-refractivity contribution in [3.63, 3.8) is 0 Å². The highest BCUT2D eigenvalue weighted by Crippen LogP contribution is 2.26. The molecule has 7 heteroatoms. The number of esters is 1. The topological polar surface area (TPSA) is 82.6 Å². The zero-order valence-electron chi connectivity index (χ0n) is 15.7. The molecule has 0 radical (unpaired) electrons. The maximum atomic E-state index is 12.2. The van der Waals surface area contributed by atoms with Gasteiger partial charge in [0, 0.05) is 24.4 Å². The van der Waals surface area contributed by atoms with Crippen LogP contribution in [0, 0.1) is 6.92 Å². The van der Waals surface area contributed by atoms with E-state index in [1.54, 1.807) is 26.5 Å². The molecule has 0 atom stereocenters. The third-order valence-electron chi connectivity index (χ3n) is 4.25. The largest absolute Gasteiger partial charge is 0.497 e. The summed E-state index contributed by atoms with van der Waals surface area (Å²) in [6, 6.07) is 9.10. The number of nitrogens with one attached hydrogen (secondary N) is 1. The van der Waals surface area contributed by atoms with Crippen molar-refractivity contribution in [3.8, 4) is 11.5 Å². The zero-order chi connectivity index (χ0) is 19.4. The molecule has 0 amide bonds. The van der Waals surface area contributed by atoms with E-state index in [-0.39, 0.29) is 0 Å². The van der Waals surface area contributed by atoms with E-state index in [0.717, 1.165) is 11.1 Å². The lowest BCUT2D eigenvalue weighted by atomic mass is 10.1. The number of aromatic nitrogens is 2. The number of anilines is 1. The van der Waals surface area contributed by atoms with E-state index in [0.29, 0.717) is 40.5 Å². The maximum absolute atomic E-state index is 12.2. The van der Waals surface area contributed by atoms with Crippen LogP contribution in [0.25, 0.3) is 11.0 Å². The van der Waals surface area contributed by atoms with E-state index in [1.165, 1.54) is 7.11 Å². The van der Waals surface area contributed by atoms with Gasteiger partial charge in [-0.25, -0.2) is 9.78 Å². The molecule has 1 N–H and O–H groups in total. The summed E-state index contributed by atoms with van der Waals surface area (Å²) < 4.78 is 15.5. The predicted octanol–water partition coefficient (Wildman–Crippen LogP) is 3.35. The van der Waals surface area contributed by atoms with Crippen LogP contribution >= 0.6 is 0 Å². The van der Waals surface area contributed by atoms with Crippen molar-refractivity contribution in [1.29, 1.82) is 0 Å². The number of hydrogen-bond acceptors (Lipinski definition) is 7. The lowest BCUT2D eigenvalue weighted by Crippen LogP contribution is -2.09. The van der Waals surface area contributed by atoms with Crippen molar-refractivity contribution >= 4 is 22.8 Å². The van der Waals surface area contributed by atoms with Crippen LogP contribution in [-0.4, -0.2) is 37.3 Å². The van der Waals surface area contributed by atoms with Crippen molar-refractivity contribution in [3.05, 3.63) is 53.2 Å². The fourth-order valence-corrected chi connectivity index (χ4v) is 2.79. The molecule has 0 spiro atoms. The average molecular weight is 367 g/mol. The summed E-state index contributed by atoms with van der Waals surface area (Å²) in [6.07, 6.45) is 1.65. The lowest BCUT2D eigenvalue weighted by Gasteiger charge is -2.13. The van der Waals surface area contributed by atoms with Gasteiger partial charge >= 0.3 is 5.97 Å². The predicted molar refractivity (Wildman–Crippen MR) is 102 cm³/mol. The van der Waals surface area contributed by atoms with Crippen LogP contribution in [0.15, 0.2) is 36.5 Å². The van der Waals surface area contributed by atoms with E-state index < -0.39 is 5.97 Å². The summed E-state index contributed by atoms with van der Waals surface area (Å²) >= 11 is 0. The molecule has 0 fully saturated rings. The molecule has 2 aromatic heterocycles. The molecule has 0 saturated carbocycles. The van der Waals surface area contributed by atoms with Gasteiger partial charge in [0.05, 0.1) is 32.4 Å². The normalized spacial score (nSPS) is 10.5. The number of methoxy groups -OCH3 is 3. The Morgan fingerprint density at radius 3 is 2.59 bits per heavy atom. The van der Waals surface area contributed by atoms with Crippen LogP contribution < -0.4 is 14.8 Å². The van der Waals surface area contributed by atoms with E-state index in [1.807, 2.05) is 31.2 Å². The molecular formula is C20H21N3O4. The Morgan fingerprint density at radius 1 is 1.07 bits per heavy atom. The number of ether oxygens (including phenoxy) is 3. The molecule has 3 aromatic rings. The highest BCUT2D eigenvalue weighted by Gasteiger charge is 2.16. The second-order valence-corrected chi connectivity index (χ2v) is 5.90. The monoisotopic (exact) mass is 367 g/mol. The molecule has 0 aliphatic rings. The zero-order valence-corrected chi connectivity index (χ0v) is 15.7. The van der Waals surface area contributed by atoms with Gasteiger partial charge in [-0.15, -0.1) is 0 Å². The summed E-state index contributed by atoms with van der Waals surface area (Å²) in [7, 11) is 4.56. The van der Waals surface area contributed by atoms with Gasteiger partial charge < -0.3 is 19.5 Å². The molecule has 140 valence electrons. The van der Waals surface area contributed by atoms with Crippen molar-refractivity contribution in [2.24, 2.45) is 0 Å². The first kappa shape index (κ1) is 18.4. The summed E-state index contributed by atoms with van der Waals surface area (Å²) in [5.74, 6) is 1.52. The fraction of sp³-hybridized carbons (Fsp3) is 0.250. The Kier molecular flexibility index (Phi) is 5.40. The first-order valence-electron chi connectivity index (χ1n) is 8.36. The Balaban J connectivity index is 1.96. The van der Waals surface area contributed by atoms with Crippen LogP contribution in [-0.2, 0) is 11.3 Å². The number of carbonyl (C=O) groups is 1. The van der Waals surface area contributed by atoms with Crippen molar-refractivity contribution < 1.29 is 19.0 Å². The van der Waals surface area contributed by atoms with Gasteiger partial charge in [-0.05, 0) is 36.8 Å². The quantitative estimate of drug-likeness (QED) is 0.669. The summed E-state index contributed by atoms with van der Waals surface area (Å²) in [6.45, 7) is 2.39. The second kappa shape index (κ2) is 7.90. The highest BCUT2D eigenvalue weighted by molar-refractivity contribution is 6.03. The van der Waals surface area contributed by atoms with Crippen molar-refractivity contribution in [2.75, 3.05) is 26.6 Å². The van der Waals surface area contributed by atoms with E-state index >= 15 is 0 Å². The highest BCUT2D eigenvalue weighted by atomic mass is 16.5. The standard InChI is InChI=1S/C20H21N3O4/c1-12-7-8-21-19-15(20(24)27-4)10-17(23-18(12)19)22-11-13-5-6-14(25-2)9-16(13)26-3/h5-10H,11H2,1-4H3,(H,22,23). The van der Waals surface area contributed by atoms with Crippen LogP contribution in [0.2, 0.25) is 0 Å². The number of fused-ring (bicyclic) bond motifs is 1. The number of hydrogen-bond donors (Lipinski definition) is 1. The molecule has 0 bridgehead atoms. The fourth-order valence-electron chi connectivity index (χ4n) is 2.79. The smallest absolute Gasteiger partial charge is 0.340 e. The van der Waals surface area contributed by atoms with Crippen LogP contribution in [0.3, 0.4) is 0 Å². The molecule has 1 aromatic carbocycles. The number of carbonyl (C=O) groups excluding carboxylic acids is 1. The van der Waals surface area contributed by atoms with E-state index in [2.05, 4.69) is 15.3 Å². The Labute approximate surface area is 157 Å². The number of pyridine rings is 2. The van der Waals surface area contributed by atoms with Crippen LogP contribution in [0.1, 0.15) is 21.5 Å². The minimum Gasteiger partial charge on any atom is -0.497 e. The van der Waals surface area contributed by atoms with Gasteiger partial charge in [0.1, 0.15) is 22.8 Å². The van der Waals surface area contributed by atoms with Gasteiger partial charge in [0.2, 0.25) is 0 Å². The molecule has 0 unspecified atom stereocenters. The van der Waals surface area contributed by atoms with Gasteiger partial charge in [-0.1, -0.05) is 0 Å². The molecule has 0 aliphatic heterocycles. The third kappa shape index (κ3) is 3.76.